The molecule has 0 atom stereocenters. The van der Waals surface area contributed by atoms with Gasteiger partial charge in [-0.1, -0.05) is 0 Å². The minimum atomic E-state index is -1.14. The van der Waals surface area contributed by atoms with Crippen LogP contribution in [0.2, 0.25) is 0 Å². The molecular weight excluding hydrogens is 211 g/mol. The fourth-order valence-electron chi connectivity index (χ4n) is 1.03. The normalized spacial score (nSPS) is 10.7. The van der Waals surface area contributed by atoms with Crippen molar-refractivity contribution in [1.29, 1.82) is 0 Å². The topological polar surface area (TPSA) is 57.2 Å². The lowest BCUT2D eigenvalue weighted by Crippen LogP contribution is -2.24. The van der Waals surface area contributed by atoms with Crippen LogP contribution in [0.1, 0.15) is 26.7 Å². The quantitative estimate of drug-likeness (QED) is 0.400. The van der Waals surface area contributed by atoms with Crippen LogP contribution >= 0.6 is 0 Å². The molecular formula is C10H23BO5. The lowest BCUT2D eigenvalue weighted by Gasteiger charge is -2.08. The molecule has 0 fully saturated rings. The van der Waals surface area contributed by atoms with E-state index >= 15 is 0 Å². The Morgan fingerprint density at radius 2 is 1.25 bits per heavy atom. The van der Waals surface area contributed by atoms with Crippen molar-refractivity contribution < 1.29 is 23.8 Å². The van der Waals surface area contributed by atoms with E-state index in [1.54, 1.807) is 0 Å². The van der Waals surface area contributed by atoms with Crippen molar-refractivity contribution >= 4 is 7.32 Å². The van der Waals surface area contributed by atoms with Crippen molar-refractivity contribution in [2.75, 3.05) is 39.6 Å². The van der Waals surface area contributed by atoms with E-state index in [2.05, 4.69) is 0 Å². The predicted molar refractivity (Wildman–Crippen MR) is 62.1 cm³/mol. The molecule has 0 spiro atoms. The van der Waals surface area contributed by atoms with Gasteiger partial charge in [0.1, 0.15) is 0 Å². The number of hydrogen-bond acceptors (Lipinski definition) is 5. The SMILES string of the molecule is CCOCCCOB(O)OCCCOCC. The van der Waals surface area contributed by atoms with Crippen molar-refractivity contribution in [3.63, 3.8) is 0 Å². The zero-order chi connectivity index (χ0) is 12.1. The van der Waals surface area contributed by atoms with E-state index in [9.17, 15) is 5.02 Å². The minimum absolute atomic E-state index is 0.437. The van der Waals surface area contributed by atoms with Crippen LogP contribution < -0.4 is 0 Å². The second-order valence-electron chi connectivity index (χ2n) is 3.15. The summed E-state index contributed by atoms with van der Waals surface area (Å²) in [5.74, 6) is 0. The lowest BCUT2D eigenvalue weighted by molar-refractivity contribution is 0.0881. The molecule has 16 heavy (non-hydrogen) atoms. The second-order valence-corrected chi connectivity index (χ2v) is 3.15. The van der Waals surface area contributed by atoms with Gasteiger partial charge in [-0.05, 0) is 26.7 Å². The number of ether oxygens (including phenoxy) is 2. The Kier molecular flexibility index (Phi) is 12.8. The second kappa shape index (κ2) is 12.9. The highest BCUT2D eigenvalue weighted by Crippen LogP contribution is 1.92. The Morgan fingerprint density at radius 3 is 1.62 bits per heavy atom. The standard InChI is InChI=1S/C10H23BO5/c1-3-13-7-5-9-15-11(12)16-10-6-8-14-4-2/h12H,3-10H2,1-2H3. The van der Waals surface area contributed by atoms with Gasteiger partial charge < -0.3 is 23.8 Å². The van der Waals surface area contributed by atoms with Crippen LogP contribution in [0.3, 0.4) is 0 Å². The first kappa shape index (κ1) is 15.9. The van der Waals surface area contributed by atoms with Crippen molar-refractivity contribution in [3.05, 3.63) is 0 Å². The first-order valence-corrected chi connectivity index (χ1v) is 5.88. The zero-order valence-corrected chi connectivity index (χ0v) is 10.3. The molecule has 0 aromatic carbocycles. The molecule has 0 rings (SSSR count). The third-order valence-electron chi connectivity index (χ3n) is 1.80. The highest BCUT2D eigenvalue weighted by Gasteiger charge is 2.14. The molecule has 0 aromatic rings. The van der Waals surface area contributed by atoms with Crippen LogP contribution in [0.25, 0.3) is 0 Å². The van der Waals surface area contributed by atoms with Gasteiger partial charge in [0.05, 0.1) is 0 Å². The van der Waals surface area contributed by atoms with Crippen LogP contribution in [0, 0.1) is 0 Å². The van der Waals surface area contributed by atoms with Gasteiger partial charge in [-0.15, -0.1) is 0 Å². The van der Waals surface area contributed by atoms with E-state index in [0.29, 0.717) is 39.6 Å². The van der Waals surface area contributed by atoms with E-state index in [1.807, 2.05) is 13.8 Å². The van der Waals surface area contributed by atoms with Gasteiger partial charge in [-0.2, -0.15) is 0 Å². The highest BCUT2D eigenvalue weighted by atomic mass is 16.7. The van der Waals surface area contributed by atoms with Crippen LogP contribution in [-0.4, -0.2) is 52.0 Å². The summed E-state index contributed by atoms with van der Waals surface area (Å²) in [5.41, 5.74) is 0. The maximum Gasteiger partial charge on any atom is 0.636 e. The average molecular weight is 234 g/mol. The van der Waals surface area contributed by atoms with Crippen LogP contribution in [-0.2, 0) is 18.8 Å². The van der Waals surface area contributed by atoms with Crippen LogP contribution in [0.5, 0.6) is 0 Å². The first-order chi connectivity index (χ1) is 7.81. The van der Waals surface area contributed by atoms with Crippen molar-refractivity contribution in [3.8, 4) is 0 Å². The lowest BCUT2D eigenvalue weighted by atomic mass is 10.2. The summed E-state index contributed by atoms with van der Waals surface area (Å²) < 4.78 is 20.3. The summed E-state index contributed by atoms with van der Waals surface area (Å²) in [5, 5.41) is 9.24. The smallest absolute Gasteiger partial charge is 0.402 e. The molecule has 5 nitrogen and oxygen atoms in total. The van der Waals surface area contributed by atoms with Crippen LogP contribution in [0.4, 0.5) is 0 Å². The van der Waals surface area contributed by atoms with E-state index in [0.717, 1.165) is 12.8 Å². The van der Waals surface area contributed by atoms with Crippen molar-refractivity contribution in [1.82, 2.24) is 0 Å². The molecule has 0 saturated carbocycles. The van der Waals surface area contributed by atoms with Gasteiger partial charge in [0.25, 0.3) is 0 Å². The molecule has 0 unspecified atom stereocenters. The summed E-state index contributed by atoms with van der Waals surface area (Å²) in [7, 11) is -1.14. The Morgan fingerprint density at radius 1 is 0.812 bits per heavy atom. The highest BCUT2D eigenvalue weighted by molar-refractivity contribution is 6.34. The number of hydrogen-bond donors (Lipinski definition) is 1. The Balaban J connectivity index is 3.09. The molecule has 0 heterocycles. The fourth-order valence-corrected chi connectivity index (χ4v) is 1.03. The molecule has 0 amide bonds. The van der Waals surface area contributed by atoms with Gasteiger partial charge in [-0.25, -0.2) is 0 Å². The number of rotatable bonds is 12. The summed E-state index contributed by atoms with van der Waals surface area (Å²) >= 11 is 0. The molecule has 0 aromatic heterocycles. The van der Waals surface area contributed by atoms with E-state index in [1.165, 1.54) is 0 Å². The van der Waals surface area contributed by atoms with E-state index in [-0.39, 0.29) is 0 Å². The van der Waals surface area contributed by atoms with Gasteiger partial charge in [0.2, 0.25) is 0 Å². The summed E-state index contributed by atoms with van der Waals surface area (Å²) in [6, 6.07) is 0. The molecule has 1 N–H and O–H groups in total. The maximum absolute atomic E-state index is 9.24. The van der Waals surface area contributed by atoms with E-state index in [4.69, 9.17) is 18.8 Å². The predicted octanol–water partition coefficient (Wildman–Crippen LogP) is 0.850. The molecule has 0 saturated heterocycles. The molecule has 0 aliphatic rings. The summed E-state index contributed by atoms with van der Waals surface area (Å²) in [6.45, 7) is 7.46. The van der Waals surface area contributed by atoms with Crippen LogP contribution in [0.15, 0.2) is 0 Å². The first-order valence-electron chi connectivity index (χ1n) is 5.88. The molecule has 0 aliphatic carbocycles. The van der Waals surface area contributed by atoms with Gasteiger partial charge in [-0.3, -0.25) is 0 Å². The molecule has 6 heteroatoms. The molecule has 0 radical (unpaired) electrons. The Hall–Kier alpha value is -0.135. The minimum Gasteiger partial charge on any atom is -0.402 e. The van der Waals surface area contributed by atoms with Gasteiger partial charge in [0.15, 0.2) is 0 Å². The summed E-state index contributed by atoms with van der Waals surface area (Å²) in [4.78, 5) is 0. The van der Waals surface area contributed by atoms with E-state index < -0.39 is 7.32 Å². The van der Waals surface area contributed by atoms with Gasteiger partial charge in [0, 0.05) is 39.6 Å². The zero-order valence-electron chi connectivity index (χ0n) is 10.3. The van der Waals surface area contributed by atoms with Crippen molar-refractivity contribution in [2.24, 2.45) is 0 Å². The van der Waals surface area contributed by atoms with Crippen molar-refractivity contribution in [2.45, 2.75) is 26.7 Å². The largest absolute Gasteiger partial charge is 0.636 e. The summed E-state index contributed by atoms with van der Waals surface area (Å²) in [6.07, 6.45) is 1.51. The monoisotopic (exact) mass is 234 g/mol. The third-order valence-corrected chi connectivity index (χ3v) is 1.80. The molecule has 0 aliphatic heterocycles. The van der Waals surface area contributed by atoms with Gasteiger partial charge >= 0.3 is 7.32 Å². The Bertz CT molecular complexity index is 122. The Labute approximate surface area is 98.2 Å². The fraction of sp³-hybridized carbons (Fsp3) is 1.00. The third kappa shape index (κ3) is 11.9. The molecule has 0 bridgehead atoms. The average Bonchev–Trinajstić information content (AvgIpc) is 2.28. The maximum atomic E-state index is 9.24. The molecule has 96 valence electrons.